The number of amides is 1. The minimum atomic E-state index is 0.0573. The summed E-state index contributed by atoms with van der Waals surface area (Å²) in [6.07, 6.45) is 2.53. The van der Waals surface area contributed by atoms with Crippen molar-refractivity contribution in [2.75, 3.05) is 19.6 Å². The molecule has 1 aliphatic heterocycles. The molecule has 0 aliphatic carbocycles. The third-order valence-corrected chi connectivity index (χ3v) is 4.65. The molecule has 1 aromatic heterocycles. The molecule has 0 spiro atoms. The number of likely N-dealkylation sites (tertiary alicyclic amines) is 1. The van der Waals surface area contributed by atoms with Gasteiger partial charge in [-0.15, -0.1) is 11.3 Å². The van der Waals surface area contributed by atoms with Crippen molar-refractivity contribution in [3.63, 3.8) is 0 Å². The van der Waals surface area contributed by atoms with E-state index in [0.29, 0.717) is 6.04 Å². The molecule has 1 amide bonds. The summed E-state index contributed by atoms with van der Waals surface area (Å²) in [6, 6.07) is 4.61. The number of nitrogens with zero attached hydrogens (tertiary/aromatic N) is 1. The van der Waals surface area contributed by atoms with Gasteiger partial charge in [-0.05, 0) is 43.3 Å². The molecule has 4 heteroatoms. The first-order chi connectivity index (χ1) is 8.66. The molecule has 1 saturated heterocycles. The predicted molar refractivity (Wildman–Crippen MR) is 75.7 cm³/mol. The highest BCUT2D eigenvalue weighted by molar-refractivity contribution is 7.10. The van der Waals surface area contributed by atoms with Crippen molar-refractivity contribution >= 4 is 17.2 Å². The van der Waals surface area contributed by atoms with Gasteiger partial charge in [0.25, 0.3) is 0 Å². The highest BCUT2D eigenvalue weighted by Crippen LogP contribution is 2.28. The Morgan fingerprint density at radius 2 is 2.28 bits per heavy atom. The van der Waals surface area contributed by atoms with Crippen molar-refractivity contribution in [2.45, 2.75) is 32.7 Å². The summed E-state index contributed by atoms with van der Waals surface area (Å²) < 4.78 is 0. The third-order valence-electron chi connectivity index (χ3n) is 3.67. The van der Waals surface area contributed by atoms with Gasteiger partial charge in [0.15, 0.2) is 0 Å². The van der Waals surface area contributed by atoms with E-state index in [1.165, 1.54) is 17.7 Å². The van der Waals surface area contributed by atoms with E-state index in [9.17, 15) is 4.79 Å². The van der Waals surface area contributed by atoms with Crippen LogP contribution in [-0.4, -0.2) is 30.4 Å². The van der Waals surface area contributed by atoms with E-state index in [0.717, 1.165) is 25.6 Å². The van der Waals surface area contributed by atoms with E-state index < -0.39 is 0 Å². The molecule has 18 heavy (non-hydrogen) atoms. The molecule has 0 saturated carbocycles. The third kappa shape index (κ3) is 3.56. The summed E-state index contributed by atoms with van der Waals surface area (Å²) in [5.41, 5.74) is 0. The van der Waals surface area contributed by atoms with Crippen molar-refractivity contribution in [3.05, 3.63) is 22.4 Å². The van der Waals surface area contributed by atoms with Gasteiger partial charge in [0.2, 0.25) is 5.91 Å². The highest BCUT2D eigenvalue weighted by atomic mass is 32.1. The fourth-order valence-corrected chi connectivity index (χ4v) is 3.33. The lowest BCUT2D eigenvalue weighted by Gasteiger charge is -2.36. The molecule has 3 nitrogen and oxygen atoms in total. The number of carbonyl (C=O) groups excluding carboxylic acids is 1. The van der Waals surface area contributed by atoms with Crippen LogP contribution in [0.5, 0.6) is 0 Å². The lowest BCUT2D eigenvalue weighted by Crippen LogP contribution is -2.41. The van der Waals surface area contributed by atoms with Crippen LogP contribution in [0.4, 0.5) is 0 Å². The van der Waals surface area contributed by atoms with E-state index in [1.807, 2.05) is 0 Å². The maximum Gasteiger partial charge on any atom is 0.216 e. The molecule has 1 unspecified atom stereocenters. The Bertz CT molecular complexity index is 369. The van der Waals surface area contributed by atoms with Crippen LogP contribution in [0.15, 0.2) is 17.5 Å². The number of hydrogen-bond donors (Lipinski definition) is 1. The normalized spacial score (nSPS) is 19.7. The Morgan fingerprint density at radius 3 is 2.83 bits per heavy atom. The zero-order chi connectivity index (χ0) is 13.0. The van der Waals surface area contributed by atoms with Crippen LogP contribution in [0, 0.1) is 5.92 Å². The molecule has 2 rings (SSSR count). The Kier molecular flexibility index (Phi) is 4.78. The maximum atomic E-state index is 11.1. The Balaban J connectivity index is 2.02. The maximum absolute atomic E-state index is 11.1. The summed E-state index contributed by atoms with van der Waals surface area (Å²) in [4.78, 5) is 15.0. The monoisotopic (exact) mass is 266 g/mol. The lowest BCUT2D eigenvalue weighted by atomic mass is 9.97. The number of thiophene rings is 1. The van der Waals surface area contributed by atoms with E-state index in [1.54, 1.807) is 18.3 Å². The van der Waals surface area contributed by atoms with Crippen LogP contribution < -0.4 is 5.32 Å². The molecule has 0 aromatic carbocycles. The molecule has 0 radical (unpaired) electrons. The smallest absolute Gasteiger partial charge is 0.216 e. The first-order valence-corrected chi connectivity index (χ1v) is 7.56. The van der Waals surface area contributed by atoms with Crippen LogP contribution in [0.1, 0.15) is 37.6 Å². The Hall–Kier alpha value is -0.870. The van der Waals surface area contributed by atoms with Gasteiger partial charge in [0, 0.05) is 18.3 Å². The molecule has 1 aromatic rings. The number of carbonyl (C=O) groups is 1. The quantitative estimate of drug-likeness (QED) is 0.908. The van der Waals surface area contributed by atoms with Crippen LogP contribution >= 0.6 is 11.3 Å². The van der Waals surface area contributed by atoms with E-state index in [-0.39, 0.29) is 5.91 Å². The van der Waals surface area contributed by atoms with Crippen molar-refractivity contribution in [2.24, 2.45) is 5.92 Å². The van der Waals surface area contributed by atoms with Crippen LogP contribution in [0.3, 0.4) is 0 Å². The second-order valence-electron chi connectivity index (χ2n) is 5.19. The average molecular weight is 266 g/mol. The number of rotatable bonds is 4. The fourth-order valence-electron chi connectivity index (χ4n) is 2.47. The first-order valence-electron chi connectivity index (χ1n) is 6.68. The zero-order valence-electron chi connectivity index (χ0n) is 11.2. The zero-order valence-corrected chi connectivity index (χ0v) is 12.0. The van der Waals surface area contributed by atoms with Crippen molar-refractivity contribution in [3.8, 4) is 0 Å². The van der Waals surface area contributed by atoms with Gasteiger partial charge >= 0.3 is 0 Å². The average Bonchev–Trinajstić information content (AvgIpc) is 2.85. The van der Waals surface area contributed by atoms with Gasteiger partial charge in [-0.3, -0.25) is 9.69 Å². The second kappa shape index (κ2) is 6.34. The Morgan fingerprint density at radius 1 is 1.56 bits per heavy atom. The molecule has 0 bridgehead atoms. The van der Waals surface area contributed by atoms with Gasteiger partial charge in [-0.1, -0.05) is 13.0 Å². The van der Waals surface area contributed by atoms with Crippen molar-refractivity contribution < 1.29 is 4.79 Å². The fraction of sp³-hybridized carbons (Fsp3) is 0.643. The first kappa shape index (κ1) is 13.6. The van der Waals surface area contributed by atoms with Gasteiger partial charge in [0.1, 0.15) is 0 Å². The van der Waals surface area contributed by atoms with Gasteiger partial charge < -0.3 is 5.32 Å². The largest absolute Gasteiger partial charge is 0.354 e. The minimum Gasteiger partial charge on any atom is -0.354 e. The molecule has 1 N–H and O–H groups in total. The molecular formula is C14H22N2OS. The molecular weight excluding hydrogens is 244 g/mol. The summed E-state index contributed by atoms with van der Waals surface area (Å²) >= 11 is 1.78. The molecule has 100 valence electrons. The molecule has 2 heterocycles. The van der Waals surface area contributed by atoms with Gasteiger partial charge in [0.05, 0.1) is 6.04 Å². The van der Waals surface area contributed by atoms with E-state index >= 15 is 0 Å². The summed E-state index contributed by atoms with van der Waals surface area (Å²) in [5, 5.41) is 5.08. The van der Waals surface area contributed by atoms with Crippen molar-refractivity contribution in [1.29, 1.82) is 0 Å². The van der Waals surface area contributed by atoms with Crippen LogP contribution in [0.25, 0.3) is 0 Å². The van der Waals surface area contributed by atoms with E-state index in [2.05, 4.69) is 34.7 Å². The molecule has 1 aliphatic rings. The number of hydrogen-bond acceptors (Lipinski definition) is 3. The number of nitrogens with one attached hydrogen (secondary N) is 1. The molecule has 1 atom stereocenters. The summed E-state index contributed by atoms with van der Waals surface area (Å²) in [6.45, 7) is 6.92. The Labute approximate surface area is 113 Å². The SMILES string of the molecule is CC(=O)NCC(c1cccs1)N1CCC(C)CC1. The van der Waals surface area contributed by atoms with Gasteiger partial charge in [-0.2, -0.15) is 0 Å². The highest BCUT2D eigenvalue weighted by Gasteiger charge is 2.25. The minimum absolute atomic E-state index is 0.0573. The summed E-state index contributed by atoms with van der Waals surface area (Å²) in [5.74, 6) is 0.896. The lowest BCUT2D eigenvalue weighted by molar-refractivity contribution is -0.119. The van der Waals surface area contributed by atoms with Crippen LogP contribution in [-0.2, 0) is 4.79 Å². The van der Waals surface area contributed by atoms with Gasteiger partial charge in [-0.25, -0.2) is 0 Å². The predicted octanol–water partition coefficient (Wildman–Crippen LogP) is 2.66. The second-order valence-corrected chi connectivity index (χ2v) is 6.17. The van der Waals surface area contributed by atoms with Crippen LogP contribution in [0.2, 0.25) is 0 Å². The molecule has 1 fully saturated rings. The standard InChI is InChI=1S/C14H22N2OS/c1-11-5-7-16(8-6-11)13(10-15-12(2)17)14-4-3-9-18-14/h3-4,9,11,13H,5-8,10H2,1-2H3,(H,15,17). The topological polar surface area (TPSA) is 32.3 Å². The van der Waals surface area contributed by atoms with E-state index in [4.69, 9.17) is 0 Å². The van der Waals surface area contributed by atoms with Crippen molar-refractivity contribution in [1.82, 2.24) is 10.2 Å². The summed E-state index contributed by atoms with van der Waals surface area (Å²) in [7, 11) is 0. The number of piperidine rings is 1.